The van der Waals surface area contributed by atoms with Crippen LogP contribution in [0.5, 0.6) is 5.75 Å². The lowest BCUT2D eigenvalue weighted by Gasteiger charge is -2.17. The minimum absolute atomic E-state index is 0.153. The molecule has 98 valence electrons. The van der Waals surface area contributed by atoms with E-state index in [0.29, 0.717) is 22.0 Å². The molecule has 0 saturated carbocycles. The number of nitrogens with zero attached hydrogens (tertiary/aromatic N) is 1. The molecule has 0 radical (unpaired) electrons. The summed E-state index contributed by atoms with van der Waals surface area (Å²) in [6, 6.07) is 11.1. The number of anilines is 2. The number of amides is 1. The van der Waals surface area contributed by atoms with Crippen LogP contribution < -0.4 is 10.6 Å². The minimum atomic E-state index is -0.201. The van der Waals surface area contributed by atoms with Crippen molar-refractivity contribution in [3.63, 3.8) is 0 Å². The van der Waals surface area contributed by atoms with Gasteiger partial charge in [-0.3, -0.25) is 4.79 Å². The highest BCUT2D eigenvalue weighted by Gasteiger charge is 2.14. The number of nitrogen functional groups attached to an aromatic ring is 1. The van der Waals surface area contributed by atoms with Gasteiger partial charge in [0.15, 0.2) is 0 Å². The number of halogens is 1. The standard InChI is InChI=1S/C14H13ClN2O2/c1-17(10-3-5-11(18)6-4-10)14(19)9-2-7-13(16)12(15)8-9/h2-8,18H,16H2,1H3. The number of phenols is 1. The first-order valence-corrected chi connectivity index (χ1v) is 5.99. The second-order valence-corrected chi connectivity index (χ2v) is 4.52. The Hall–Kier alpha value is -2.20. The maximum atomic E-state index is 12.3. The molecule has 0 aliphatic carbocycles. The van der Waals surface area contributed by atoms with E-state index in [4.69, 9.17) is 17.3 Å². The number of phenolic OH excluding ortho intramolecular Hbond substituents is 1. The summed E-state index contributed by atoms with van der Waals surface area (Å²) in [7, 11) is 1.65. The molecule has 0 aromatic heterocycles. The molecule has 0 fully saturated rings. The van der Waals surface area contributed by atoms with E-state index in [1.807, 2.05) is 0 Å². The number of rotatable bonds is 2. The lowest BCUT2D eigenvalue weighted by Crippen LogP contribution is -2.26. The molecule has 5 heteroatoms. The van der Waals surface area contributed by atoms with E-state index >= 15 is 0 Å². The Bertz CT molecular complexity index is 611. The Balaban J connectivity index is 2.28. The quantitative estimate of drug-likeness (QED) is 0.829. The molecule has 0 spiro atoms. The molecule has 19 heavy (non-hydrogen) atoms. The largest absolute Gasteiger partial charge is 0.508 e. The average Bonchev–Trinajstić information content (AvgIpc) is 2.41. The monoisotopic (exact) mass is 276 g/mol. The fraction of sp³-hybridized carbons (Fsp3) is 0.0714. The highest BCUT2D eigenvalue weighted by molar-refractivity contribution is 6.33. The van der Waals surface area contributed by atoms with E-state index in [2.05, 4.69) is 0 Å². The van der Waals surface area contributed by atoms with Crippen molar-refractivity contribution in [2.45, 2.75) is 0 Å². The average molecular weight is 277 g/mol. The predicted octanol–water partition coefficient (Wildman–Crippen LogP) is 2.90. The van der Waals surface area contributed by atoms with Gasteiger partial charge in [-0.25, -0.2) is 0 Å². The molecule has 0 saturated heterocycles. The van der Waals surface area contributed by atoms with E-state index in [-0.39, 0.29) is 11.7 Å². The Labute approximate surface area is 116 Å². The van der Waals surface area contributed by atoms with Gasteiger partial charge >= 0.3 is 0 Å². The van der Waals surface area contributed by atoms with Gasteiger partial charge in [0, 0.05) is 18.3 Å². The molecule has 1 amide bonds. The van der Waals surface area contributed by atoms with E-state index in [0.717, 1.165) is 0 Å². The smallest absolute Gasteiger partial charge is 0.258 e. The van der Waals surface area contributed by atoms with Gasteiger partial charge in [0.1, 0.15) is 5.75 Å². The lowest BCUT2D eigenvalue weighted by atomic mass is 10.1. The third-order valence-electron chi connectivity index (χ3n) is 2.79. The number of benzene rings is 2. The van der Waals surface area contributed by atoms with Crippen molar-refractivity contribution in [1.29, 1.82) is 0 Å². The van der Waals surface area contributed by atoms with Crippen LogP contribution in [0.25, 0.3) is 0 Å². The topological polar surface area (TPSA) is 66.6 Å². The van der Waals surface area contributed by atoms with Crippen LogP contribution >= 0.6 is 11.6 Å². The Kier molecular flexibility index (Phi) is 3.62. The first-order valence-electron chi connectivity index (χ1n) is 5.61. The third kappa shape index (κ3) is 2.80. The fourth-order valence-electron chi connectivity index (χ4n) is 1.65. The molecule has 0 atom stereocenters. The summed E-state index contributed by atoms with van der Waals surface area (Å²) < 4.78 is 0. The summed E-state index contributed by atoms with van der Waals surface area (Å²) in [6.07, 6.45) is 0. The Morgan fingerprint density at radius 2 is 1.84 bits per heavy atom. The Morgan fingerprint density at radius 1 is 1.21 bits per heavy atom. The number of hydrogen-bond donors (Lipinski definition) is 2. The van der Waals surface area contributed by atoms with Gasteiger partial charge in [0.05, 0.1) is 10.7 Å². The normalized spacial score (nSPS) is 10.2. The zero-order valence-electron chi connectivity index (χ0n) is 10.3. The van der Waals surface area contributed by atoms with Crippen LogP contribution in [0.3, 0.4) is 0 Å². The minimum Gasteiger partial charge on any atom is -0.508 e. The van der Waals surface area contributed by atoms with Crippen molar-refractivity contribution in [2.75, 3.05) is 17.7 Å². The van der Waals surface area contributed by atoms with Crippen molar-refractivity contribution < 1.29 is 9.90 Å². The van der Waals surface area contributed by atoms with Crippen molar-refractivity contribution >= 4 is 28.9 Å². The van der Waals surface area contributed by atoms with Gasteiger partial charge in [-0.15, -0.1) is 0 Å². The SMILES string of the molecule is CN(C(=O)c1ccc(N)c(Cl)c1)c1ccc(O)cc1. The van der Waals surface area contributed by atoms with Crippen molar-refractivity contribution in [2.24, 2.45) is 0 Å². The molecule has 3 N–H and O–H groups in total. The maximum absolute atomic E-state index is 12.3. The maximum Gasteiger partial charge on any atom is 0.258 e. The first-order chi connectivity index (χ1) is 8.99. The van der Waals surface area contributed by atoms with Gasteiger partial charge < -0.3 is 15.7 Å². The lowest BCUT2D eigenvalue weighted by molar-refractivity contribution is 0.0993. The second kappa shape index (κ2) is 5.20. The molecular formula is C14H13ClN2O2. The number of aromatic hydroxyl groups is 1. The van der Waals surface area contributed by atoms with Gasteiger partial charge in [0.2, 0.25) is 0 Å². The van der Waals surface area contributed by atoms with Gasteiger partial charge in [-0.05, 0) is 42.5 Å². The summed E-state index contributed by atoms with van der Waals surface area (Å²) >= 11 is 5.90. The number of carbonyl (C=O) groups is 1. The van der Waals surface area contributed by atoms with E-state index in [1.54, 1.807) is 31.3 Å². The van der Waals surface area contributed by atoms with Gasteiger partial charge in [-0.2, -0.15) is 0 Å². The third-order valence-corrected chi connectivity index (χ3v) is 3.12. The molecule has 0 aliphatic rings. The van der Waals surface area contributed by atoms with E-state index in [9.17, 15) is 9.90 Å². The molecule has 0 bridgehead atoms. The Morgan fingerprint density at radius 3 is 2.42 bits per heavy atom. The van der Waals surface area contributed by atoms with E-state index in [1.165, 1.54) is 23.1 Å². The number of nitrogens with two attached hydrogens (primary N) is 1. The van der Waals surface area contributed by atoms with Crippen LogP contribution in [0.15, 0.2) is 42.5 Å². The molecule has 0 unspecified atom stereocenters. The van der Waals surface area contributed by atoms with Crippen LogP contribution in [0.2, 0.25) is 5.02 Å². The first kappa shape index (κ1) is 13.2. The number of carbonyl (C=O) groups excluding carboxylic acids is 1. The predicted molar refractivity (Wildman–Crippen MR) is 76.7 cm³/mol. The molecule has 0 heterocycles. The number of hydrogen-bond acceptors (Lipinski definition) is 3. The van der Waals surface area contributed by atoms with Crippen LogP contribution in [-0.2, 0) is 0 Å². The summed E-state index contributed by atoms with van der Waals surface area (Å²) in [5.74, 6) is -0.0484. The zero-order valence-corrected chi connectivity index (χ0v) is 11.1. The van der Waals surface area contributed by atoms with Crippen LogP contribution in [-0.4, -0.2) is 18.1 Å². The molecule has 2 rings (SSSR count). The highest BCUT2D eigenvalue weighted by Crippen LogP contribution is 2.23. The zero-order chi connectivity index (χ0) is 14.0. The van der Waals surface area contributed by atoms with Gasteiger partial charge in [0.25, 0.3) is 5.91 Å². The fourth-order valence-corrected chi connectivity index (χ4v) is 1.83. The molecule has 4 nitrogen and oxygen atoms in total. The highest BCUT2D eigenvalue weighted by atomic mass is 35.5. The summed E-state index contributed by atoms with van der Waals surface area (Å²) in [4.78, 5) is 13.7. The molecule has 2 aromatic carbocycles. The van der Waals surface area contributed by atoms with Crippen LogP contribution in [0, 0.1) is 0 Å². The van der Waals surface area contributed by atoms with Crippen molar-refractivity contribution in [3.8, 4) is 5.75 Å². The van der Waals surface area contributed by atoms with Gasteiger partial charge in [-0.1, -0.05) is 11.6 Å². The van der Waals surface area contributed by atoms with Crippen molar-refractivity contribution in [3.05, 3.63) is 53.1 Å². The summed E-state index contributed by atoms with van der Waals surface area (Å²) in [6.45, 7) is 0. The molecule has 0 aliphatic heterocycles. The molecule has 2 aromatic rings. The van der Waals surface area contributed by atoms with E-state index < -0.39 is 0 Å². The van der Waals surface area contributed by atoms with Crippen molar-refractivity contribution in [1.82, 2.24) is 0 Å². The second-order valence-electron chi connectivity index (χ2n) is 4.12. The van der Waals surface area contributed by atoms with Crippen LogP contribution in [0.1, 0.15) is 10.4 Å². The summed E-state index contributed by atoms with van der Waals surface area (Å²) in [5.41, 5.74) is 7.17. The summed E-state index contributed by atoms with van der Waals surface area (Å²) in [5, 5.41) is 9.58. The van der Waals surface area contributed by atoms with Crippen LogP contribution in [0.4, 0.5) is 11.4 Å². The molecular weight excluding hydrogens is 264 g/mol.